The second kappa shape index (κ2) is 11.3. The van der Waals surface area contributed by atoms with Gasteiger partial charge in [-0.05, 0) is 43.7 Å². The molecule has 2 atom stereocenters. The second-order valence-electron chi connectivity index (χ2n) is 6.26. The van der Waals surface area contributed by atoms with Crippen molar-refractivity contribution in [2.45, 2.75) is 37.5 Å². The maximum absolute atomic E-state index is 12.7. The normalized spacial score (nSPS) is 12.9. The van der Waals surface area contributed by atoms with Crippen molar-refractivity contribution in [2.75, 3.05) is 6.61 Å². The number of ether oxygens (including phenoxy) is 2. The molecule has 0 fully saturated rings. The van der Waals surface area contributed by atoms with Crippen LogP contribution in [-0.2, 0) is 26.2 Å². The third-order valence-electron chi connectivity index (χ3n) is 4.12. The molecule has 0 saturated carbocycles. The Morgan fingerprint density at radius 1 is 1.13 bits per heavy atom. The Morgan fingerprint density at radius 3 is 2.40 bits per heavy atom. The van der Waals surface area contributed by atoms with Crippen LogP contribution in [0, 0.1) is 11.8 Å². The van der Waals surface area contributed by atoms with Crippen LogP contribution in [0.4, 0.5) is 0 Å². The summed E-state index contributed by atoms with van der Waals surface area (Å²) in [6.45, 7) is 3.59. The van der Waals surface area contributed by atoms with Crippen molar-refractivity contribution in [2.24, 2.45) is 0 Å². The van der Waals surface area contributed by atoms with Crippen LogP contribution in [0.1, 0.15) is 19.4 Å². The van der Waals surface area contributed by atoms with Crippen LogP contribution < -0.4 is 14.9 Å². The Bertz CT molecular complexity index is 982. The summed E-state index contributed by atoms with van der Waals surface area (Å²) in [5, 5.41) is 9.03. The molecular weight excluding hydrogens is 408 g/mol. The summed E-state index contributed by atoms with van der Waals surface area (Å²) in [6.07, 6.45) is -0.859. The van der Waals surface area contributed by atoms with E-state index < -0.39 is 28.1 Å². The molecular formula is C21H24N2O6S. The molecule has 2 rings (SSSR count). The molecule has 3 N–H and O–H groups in total. The first kappa shape index (κ1) is 23.4. The van der Waals surface area contributed by atoms with Crippen molar-refractivity contribution >= 4 is 15.9 Å². The quantitative estimate of drug-likeness (QED) is 0.300. The molecule has 1 amide bonds. The zero-order valence-corrected chi connectivity index (χ0v) is 17.5. The van der Waals surface area contributed by atoms with Crippen LogP contribution in [-0.4, -0.2) is 38.3 Å². The van der Waals surface area contributed by atoms with Crippen LogP contribution in [0.15, 0.2) is 59.5 Å². The van der Waals surface area contributed by atoms with E-state index in [2.05, 4.69) is 16.6 Å². The van der Waals surface area contributed by atoms with Crippen LogP contribution in [0.5, 0.6) is 5.75 Å². The molecule has 0 radical (unpaired) electrons. The number of nitrogens with one attached hydrogen (secondary N) is 2. The third-order valence-corrected chi connectivity index (χ3v) is 5.58. The van der Waals surface area contributed by atoms with Crippen LogP contribution in [0.2, 0.25) is 0 Å². The molecule has 30 heavy (non-hydrogen) atoms. The summed E-state index contributed by atoms with van der Waals surface area (Å²) in [5.74, 6) is 4.96. The standard InChI is InChI=1S/C21H24N2O6S/c1-3-4-14-28-18-10-12-19(13-11-18)30(26,27)23-20(21(24)22-25)16(2)29-15-17-8-6-5-7-9-17/h5-13,16,20,23,25H,14-15H2,1-2H3,(H,22,24)/t16-,20+/m0/s1. The van der Waals surface area contributed by atoms with Crippen molar-refractivity contribution < 1.29 is 27.9 Å². The number of carbonyl (C=O) groups is 1. The summed E-state index contributed by atoms with van der Waals surface area (Å²) in [7, 11) is -4.07. The topological polar surface area (TPSA) is 114 Å². The molecule has 0 saturated heterocycles. The van der Waals surface area contributed by atoms with Gasteiger partial charge in [0.05, 0.1) is 17.6 Å². The first-order valence-corrected chi connectivity index (χ1v) is 10.6. The highest BCUT2D eigenvalue weighted by molar-refractivity contribution is 7.89. The number of rotatable bonds is 10. The van der Waals surface area contributed by atoms with Crippen LogP contribution >= 0.6 is 0 Å². The predicted molar refractivity (Wildman–Crippen MR) is 110 cm³/mol. The lowest BCUT2D eigenvalue weighted by molar-refractivity contribution is -0.134. The largest absolute Gasteiger partial charge is 0.481 e. The maximum atomic E-state index is 12.7. The number of carbonyl (C=O) groups excluding carboxylic acids is 1. The molecule has 8 nitrogen and oxygen atoms in total. The Morgan fingerprint density at radius 2 is 1.80 bits per heavy atom. The number of benzene rings is 2. The molecule has 0 bridgehead atoms. The Kier molecular flexibility index (Phi) is 8.83. The van der Waals surface area contributed by atoms with Gasteiger partial charge in [0, 0.05) is 0 Å². The van der Waals surface area contributed by atoms with Gasteiger partial charge in [-0.15, -0.1) is 5.92 Å². The molecule has 160 valence electrons. The summed E-state index contributed by atoms with van der Waals surface area (Å²) >= 11 is 0. The molecule has 0 aliphatic heterocycles. The molecule has 0 heterocycles. The minimum atomic E-state index is -4.07. The van der Waals surface area contributed by atoms with Gasteiger partial charge in [0.15, 0.2) is 0 Å². The van der Waals surface area contributed by atoms with Crippen molar-refractivity contribution in [3.05, 3.63) is 60.2 Å². The van der Waals surface area contributed by atoms with E-state index in [-0.39, 0.29) is 18.1 Å². The Balaban J connectivity index is 2.09. The average molecular weight is 432 g/mol. The van der Waals surface area contributed by atoms with E-state index in [0.717, 1.165) is 5.56 Å². The molecule has 0 aliphatic carbocycles. The lowest BCUT2D eigenvalue weighted by atomic mass is 10.2. The monoisotopic (exact) mass is 432 g/mol. The molecule has 0 unspecified atom stereocenters. The SMILES string of the molecule is CC#CCOc1ccc(S(=O)(=O)N[C@@H](C(=O)NO)[C@H](C)OCc2ccccc2)cc1. The van der Waals surface area contributed by atoms with Gasteiger partial charge in [-0.25, -0.2) is 13.9 Å². The van der Waals surface area contributed by atoms with Gasteiger partial charge >= 0.3 is 0 Å². The zero-order chi connectivity index (χ0) is 22.0. The first-order chi connectivity index (χ1) is 14.4. The van der Waals surface area contributed by atoms with Crippen molar-refractivity contribution in [1.29, 1.82) is 0 Å². The first-order valence-electron chi connectivity index (χ1n) is 9.11. The molecule has 0 aliphatic rings. The van der Waals surface area contributed by atoms with Gasteiger partial charge in [0.25, 0.3) is 5.91 Å². The van der Waals surface area contributed by atoms with Gasteiger partial charge in [0.2, 0.25) is 10.0 Å². The summed E-state index contributed by atoms with van der Waals surface area (Å²) in [5.41, 5.74) is 2.34. The number of hydroxylamine groups is 1. The van der Waals surface area contributed by atoms with Gasteiger partial charge in [-0.2, -0.15) is 4.72 Å². The van der Waals surface area contributed by atoms with Gasteiger partial charge < -0.3 is 9.47 Å². The highest BCUT2D eigenvalue weighted by Gasteiger charge is 2.31. The predicted octanol–water partition coefficient (Wildman–Crippen LogP) is 1.85. The summed E-state index contributed by atoms with van der Waals surface area (Å²) in [6, 6.07) is 13.5. The fourth-order valence-electron chi connectivity index (χ4n) is 2.47. The van der Waals surface area contributed by atoms with Crippen molar-refractivity contribution in [1.82, 2.24) is 10.2 Å². The van der Waals surface area contributed by atoms with E-state index in [1.54, 1.807) is 6.92 Å². The summed E-state index contributed by atoms with van der Waals surface area (Å²) in [4.78, 5) is 12.0. The van der Waals surface area contributed by atoms with Crippen molar-refractivity contribution in [3.63, 3.8) is 0 Å². The van der Waals surface area contributed by atoms with Gasteiger partial charge in [0.1, 0.15) is 18.4 Å². The average Bonchev–Trinajstić information content (AvgIpc) is 2.76. The molecule has 2 aromatic carbocycles. The maximum Gasteiger partial charge on any atom is 0.264 e. The lowest BCUT2D eigenvalue weighted by Crippen LogP contribution is -2.52. The Hall–Kier alpha value is -2.90. The third kappa shape index (κ3) is 6.86. The van der Waals surface area contributed by atoms with Gasteiger partial charge in [-0.1, -0.05) is 36.3 Å². The van der Waals surface area contributed by atoms with E-state index in [9.17, 15) is 13.2 Å². The lowest BCUT2D eigenvalue weighted by Gasteiger charge is -2.23. The van der Waals surface area contributed by atoms with Crippen LogP contribution in [0.25, 0.3) is 0 Å². The van der Waals surface area contributed by atoms with E-state index >= 15 is 0 Å². The smallest absolute Gasteiger partial charge is 0.264 e. The van der Waals surface area contributed by atoms with E-state index in [4.69, 9.17) is 14.7 Å². The molecule has 9 heteroatoms. The van der Waals surface area contributed by atoms with E-state index in [1.165, 1.54) is 36.7 Å². The molecule has 0 spiro atoms. The van der Waals surface area contributed by atoms with Gasteiger partial charge in [-0.3, -0.25) is 10.0 Å². The Labute approximate surface area is 176 Å². The number of sulfonamides is 1. The number of hydrogen-bond acceptors (Lipinski definition) is 6. The second-order valence-corrected chi connectivity index (χ2v) is 7.98. The minimum Gasteiger partial charge on any atom is -0.481 e. The number of hydrogen-bond donors (Lipinski definition) is 3. The molecule has 2 aromatic rings. The van der Waals surface area contributed by atoms with Crippen LogP contribution in [0.3, 0.4) is 0 Å². The fraction of sp³-hybridized carbons (Fsp3) is 0.286. The minimum absolute atomic E-state index is 0.0672. The van der Waals surface area contributed by atoms with E-state index in [1.807, 2.05) is 30.3 Å². The van der Waals surface area contributed by atoms with Crippen molar-refractivity contribution in [3.8, 4) is 17.6 Å². The van der Waals surface area contributed by atoms with E-state index in [0.29, 0.717) is 5.75 Å². The highest BCUT2D eigenvalue weighted by atomic mass is 32.2. The highest BCUT2D eigenvalue weighted by Crippen LogP contribution is 2.17. The molecule has 0 aromatic heterocycles. The summed E-state index contributed by atoms with van der Waals surface area (Å²) < 4.78 is 38.7. The number of amides is 1. The fourth-order valence-corrected chi connectivity index (χ4v) is 3.74. The zero-order valence-electron chi connectivity index (χ0n) is 16.7.